The first kappa shape index (κ1) is 17.4. The summed E-state index contributed by atoms with van der Waals surface area (Å²) < 4.78 is 32.4. The van der Waals surface area contributed by atoms with Crippen molar-refractivity contribution in [3.05, 3.63) is 64.7 Å². The fraction of sp³-hybridized carbons (Fsp3) is 0.350. The van der Waals surface area contributed by atoms with Crippen molar-refractivity contribution in [3.8, 4) is 5.75 Å². The van der Waals surface area contributed by atoms with E-state index in [2.05, 4.69) is 32.2 Å². The van der Waals surface area contributed by atoms with Crippen LogP contribution in [0.3, 0.4) is 0 Å². The Morgan fingerprint density at radius 3 is 2.64 bits per heavy atom. The number of ether oxygens (including phenoxy) is 1. The molecule has 0 saturated carbocycles. The molecule has 3 rings (SSSR count). The fourth-order valence-electron chi connectivity index (χ4n) is 2.88. The minimum absolute atomic E-state index is 0.0570. The molecule has 0 radical (unpaired) electrons. The van der Waals surface area contributed by atoms with Crippen LogP contribution < -0.4 is 10.1 Å². The molecule has 1 N–H and O–H groups in total. The number of carbonyl (C=O) groups excluding carboxylic acids is 1. The van der Waals surface area contributed by atoms with Gasteiger partial charge in [0.2, 0.25) is 0 Å². The number of rotatable bonds is 3. The maximum absolute atomic E-state index is 13.6. The van der Waals surface area contributed by atoms with Crippen LogP contribution in [0.2, 0.25) is 0 Å². The third-order valence-corrected chi connectivity index (χ3v) is 4.33. The molecule has 3 nitrogen and oxygen atoms in total. The molecule has 1 aliphatic heterocycles. The Balaban J connectivity index is 1.62. The molecule has 0 aromatic heterocycles. The SMILES string of the molecule is CC(C)(C)c1ccc2c(c1)CC(CNC(=O)c1ccc(F)cc1F)O2. The van der Waals surface area contributed by atoms with Gasteiger partial charge in [0.15, 0.2) is 0 Å². The Labute approximate surface area is 146 Å². The van der Waals surface area contributed by atoms with Crippen molar-refractivity contribution in [3.63, 3.8) is 0 Å². The van der Waals surface area contributed by atoms with Crippen molar-refractivity contribution in [2.24, 2.45) is 0 Å². The number of benzene rings is 2. The van der Waals surface area contributed by atoms with Crippen molar-refractivity contribution in [1.82, 2.24) is 5.32 Å². The molecule has 0 spiro atoms. The second-order valence-corrected chi connectivity index (χ2v) is 7.35. The first-order chi connectivity index (χ1) is 11.7. The normalized spacial score (nSPS) is 16.3. The quantitative estimate of drug-likeness (QED) is 0.913. The second-order valence-electron chi connectivity index (χ2n) is 7.35. The van der Waals surface area contributed by atoms with E-state index in [-0.39, 0.29) is 23.6 Å². The summed E-state index contributed by atoms with van der Waals surface area (Å²) in [6, 6.07) is 9.04. The molecular weight excluding hydrogens is 324 g/mol. The predicted molar refractivity (Wildman–Crippen MR) is 92.0 cm³/mol. The highest BCUT2D eigenvalue weighted by atomic mass is 19.1. The Kier molecular flexibility index (Phi) is 4.50. The van der Waals surface area contributed by atoms with Crippen LogP contribution in [0.15, 0.2) is 36.4 Å². The van der Waals surface area contributed by atoms with Gasteiger partial charge in [0.25, 0.3) is 5.91 Å². The lowest BCUT2D eigenvalue weighted by molar-refractivity contribution is 0.0929. The summed E-state index contributed by atoms with van der Waals surface area (Å²) in [4.78, 5) is 12.1. The van der Waals surface area contributed by atoms with Gasteiger partial charge >= 0.3 is 0 Å². The van der Waals surface area contributed by atoms with Gasteiger partial charge in [-0.15, -0.1) is 0 Å². The number of carbonyl (C=O) groups is 1. The number of halogens is 2. The minimum atomic E-state index is -0.872. The lowest BCUT2D eigenvalue weighted by atomic mass is 9.86. The number of fused-ring (bicyclic) bond motifs is 1. The highest BCUT2D eigenvalue weighted by molar-refractivity contribution is 5.94. The van der Waals surface area contributed by atoms with E-state index in [1.165, 1.54) is 5.56 Å². The molecule has 0 bridgehead atoms. The highest BCUT2D eigenvalue weighted by Gasteiger charge is 2.26. The molecule has 1 atom stereocenters. The second kappa shape index (κ2) is 6.47. The molecule has 1 heterocycles. The van der Waals surface area contributed by atoms with Gasteiger partial charge in [0.1, 0.15) is 23.5 Å². The van der Waals surface area contributed by atoms with Crippen molar-refractivity contribution in [2.75, 3.05) is 6.54 Å². The number of hydrogen-bond acceptors (Lipinski definition) is 2. The predicted octanol–water partition coefficient (Wildman–Crippen LogP) is 4.00. The summed E-state index contributed by atoms with van der Waals surface area (Å²) in [7, 11) is 0. The molecule has 25 heavy (non-hydrogen) atoms. The summed E-state index contributed by atoms with van der Waals surface area (Å²) in [5.41, 5.74) is 2.22. The summed E-state index contributed by atoms with van der Waals surface area (Å²) in [6.45, 7) is 6.72. The Bertz CT molecular complexity index is 812. The molecule has 0 saturated heterocycles. The zero-order chi connectivity index (χ0) is 18.2. The summed E-state index contributed by atoms with van der Waals surface area (Å²) in [5.74, 6) is -1.34. The lowest BCUT2D eigenvalue weighted by Gasteiger charge is -2.19. The van der Waals surface area contributed by atoms with Gasteiger partial charge in [-0.25, -0.2) is 8.78 Å². The summed E-state index contributed by atoms with van der Waals surface area (Å²) >= 11 is 0. The highest BCUT2D eigenvalue weighted by Crippen LogP contribution is 2.33. The average molecular weight is 345 g/mol. The van der Waals surface area contributed by atoms with Crippen molar-refractivity contribution >= 4 is 5.91 Å². The molecule has 132 valence electrons. The minimum Gasteiger partial charge on any atom is -0.488 e. The van der Waals surface area contributed by atoms with E-state index in [0.717, 1.165) is 23.4 Å². The van der Waals surface area contributed by atoms with E-state index in [1.54, 1.807) is 0 Å². The van der Waals surface area contributed by atoms with E-state index < -0.39 is 17.5 Å². The largest absolute Gasteiger partial charge is 0.488 e. The van der Waals surface area contributed by atoms with Crippen LogP contribution in [0.25, 0.3) is 0 Å². The number of hydrogen-bond donors (Lipinski definition) is 1. The van der Waals surface area contributed by atoms with Gasteiger partial charge in [0.05, 0.1) is 12.1 Å². The van der Waals surface area contributed by atoms with E-state index in [0.29, 0.717) is 12.5 Å². The van der Waals surface area contributed by atoms with Crippen LogP contribution in [-0.2, 0) is 11.8 Å². The molecule has 2 aromatic rings. The van der Waals surface area contributed by atoms with E-state index in [1.807, 2.05) is 12.1 Å². The fourth-order valence-corrected chi connectivity index (χ4v) is 2.88. The Hall–Kier alpha value is -2.43. The van der Waals surface area contributed by atoms with Crippen LogP contribution in [-0.4, -0.2) is 18.6 Å². The molecule has 0 fully saturated rings. The molecule has 1 amide bonds. The molecule has 0 aliphatic carbocycles. The van der Waals surface area contributed by atoms with Crippen molar-refractivity contribution < 1.29 is 18.3 Å². The van der Waals surface area contributed by atoms with Crippen LogP contribution in [0.4, 0.5) is 8.78 Å². The maximum Gasteiger partial charge on any atom is 0.254 e. The molecule has 5 heteroatoms. The van der Waals surface area contributed by atoms with Gasteiger partial charge < -0.3 is 10.1 Å². The third-order valence-electron chi connectivity index (χ3n) is 4.33. The van der Waals surface area contributed by atoms with E-state index in [9.17, 15) is 13.6 Å². The Morgan fingerprint density at radius 2 is 1.96 bits per heavy atom. The topological polar surface area (TPSA) is 38.3 Å². The molecular formula is C20H21F2NO2. The molecule has 1 aliphatic rings. The average Bonchev–Trinajstić information content (AvgIpc) is 2.93. The molecule has 1 unspecified atom stereocenters. The summed E-state index contributed by atoms with van der Waals surface area (Å²) in [5, 5.41) is 2.65. The van der Waals surface area contributed by atoms with E-state index >= 15 is 0 Å². The third kappa shape index (κ3) is 3.81. The maximum atomic E-state index is 13.6. The van der Waals surface area contributed by atoms with Gasteiger partial charge in [0, 0.05) is 12.5 Å². The van der Waals surface area contributed by atoms with Gasteiger partial charge in [-0.05, 0) is 34.7 Å². The van der Waals surface area contributed by atoms with Gasteiger partial charge in [-0.2, -0.15) is 0 Å². The van der Waals surface area contributed by atoms with Crippen LogP contribution in [0.1, 0.15) is 42.3 Å². The molecule has 2 aromatic carbocycles. The standard InChI is InChI=1S/C20H21F2NO2/c1-20(2,3)13-4-7-18-12(8-13)9-15(25-18)11-23-19(24)16-6-5-14(21)10-17(16)22/h4-8,10,15H,9,11H2,1-3H3,(H,23,24). The zero-order valence-corrected chi connectivity index (χ0v) is 14.5. The van der Waals surface area contributed by atoms with Crippen LogP contribution in [0.5, 0.6) is 5.75 Å². The monoisotopic (exact) mass is 345 g/mol. The number of amides is 1. The van der Waals surface area contributed by atoms with Crippen molar-refractivity contribution in [2.45, 2.75) is 38.7 Å². The van der Waals surface area contributed by atoms with E-state index in [4.69, 9.17) is 4.74 Å². The first-order valence-corrected chi connectivity index (χ1v) is 8.27. The smallest absolute Gasteiger partial charge is 0.254 e. The van der Waals surface area contributed by atoms with Crippen LogP contribution in [0, 0.1) is 11.6 Å². The van der Waals surface area contributed by atoms with Crippen LogP contribution >= 0.6 is 0 Å². The van der Waals surface area contributed by atoms with Gasteiger partial charge in [-0.3, -0.25) is 4.79 Å². The lowest BCUT2D eigenvalue weighted by Crippen LogP contribution is -2.34. The van der Waals surface area contributed by atoms with Crippen molar-refractivity contribution in [1.29, 1.82) is 0 Å². The summed E-state index contributed by atoms with van der Waals surface area (Å²) in [6.07, 6.45) is 0.489. The number of nitrogens with one attached hydrogen (secondary N) is 1. The van der Waals surface area contributed by atoms with Gasteiger partial charge in [-0.1, -0.05) is 32.9 Å². The first-order valence-electron chi connectivity index (χ1n) is 8.27. The Morgan fingerprint density at radius 1 is 1.20 bits per heavy atom. The zero-order valence-electron chi connectivity index (χ0n) is 14.5.